The van der Waals surface area contributed by atoms with Crippen LogP contribution in [-0.4, -0.2) is 31.9 Å². The molecule has 0 radical (unpaired) electrons. The lowest BCUT2D eigenvalue weighted by atomic mass is 10.1. The van der Waals surface area contributed by atoms with E-state index in [1.54, 1.807) is 13.0 Å². The van der Waals surface area contributed by atoms with E-state index in [0.717, 1.165) is 12.0 Å². The minimum Gasteiger partial charge on any atom is -0.327 e. The van der Waals surface area contributed by atoms with Crippen molar-refractivity contribution in [1.82, 2.24) is 4.31 Å². The van der Waals surface area contributed by atoms with Crippen molar-refractivity contribution in [3.05, 3.63) is 29.6 Å². The summed E-state index contributed by atoms with van der Waals surface area (Å²) in [5.74, 6) is -0.709. The summed E-state index contributed by atoms with van der Waals surface area (Å²) in [4.78, 5) is -0.253. The average Bonchev–Trinajstić information content (AvgIpc) is 2.32. The first-order chi connectivity index (χ1) is 8.41. The minimum absolute atomic E-state index is 0.165. The topological polar surface area (TPSA) is 63.4 Å². The van der Waals surface area contributed by atoms with E-state index in [1.807, 2.05) is 0 Å². The fourth-order valence-electron chi connectivity index (χ4n) is 2.14. The van der Waals surface area contributed by atoms with E-state index < -0.39 is 15.8 Å². The number of nitrogens with zero attached hydrogens (tertiary/aromatic N) is 1. The van der Waals surface area contributed by atoms with Crippen molar-refractivity contribution in [2.75, 3.05) is 13.1 Å². The Morgan fingerprint density at radius 3 is 2.83 bits per heavy atom. The summed E-state index contributed by atoms with van der Waals surface area (Å²) in [7, 11) is -3.77. The molecule has 1 fully saturated rings. The zero-order valence-electron chi connectivity index (χ0n) is 10.3. The van der Waals surface area contributed by atoms with Gasteiger partial charge in [0.2, 0.25) is 10.0 Å². The van der Waals surface area contributed by atoms with E-state index in [4.69, 9.17) is 5.73 Å². The quantitative estimate of drug-likeness (QED) is 0.881. The van der Waals surface area contributed by atoms with Crippen LogP contribution < -0.4 is 5.73 Å². The summed E-state index contributed by atoms with van der Waals surface area (Å²) in [6.07, 6.45) is 1.52. The molecule has 0 amide bonds. The Labute approximate surface area is 107 Å². The molecule has 100 valence electrons. The molecule has 2 N–H and O–H groups in total. The van der Waals surface area contributed by atoms with Crippen molar-refractivity contribution in [2.24, 2.45) is 5.73 Å². The highest BCUT2D eigenvalue weighted by molar-refractivity contribution is 7.89. The molecule has 1 aromatic rings. The van der Waals surface area contributed by atoms with E-state index >= 15 is 0 Å². The molecule has 1 aliphatic rings. The molecule has 6 heteroatoms. The summed E-state index contributed by atoms with van der Waals surface area (Å²) in [6.45, 7) is 2.40. The van der Waals surface area contributed by atoms with Crippen molar-refractivity contribution in [2.45, 2.75) is 30.7 Å². The van der Waals surface area contributed by atoms with Crippen LogP contribution in [0.1, 0.15) is 18.4 Å². The van der Waals surface area contributed by atoms with E-state index in [-0.39, 0.29) is 17.5 Å². The molecular weight excluding hydrogens is 255 g/mol. The maximum Gasteiger partial charge on any atom is 0.246 e. The van der Waals surface area contributed by atoms with Gasteiger partial charge in [0.25, 0.3) is 0 Å². The SMILES string of the molecule is Cc1ccc(F)c(S(=O)(=O)N2CCC[C@@H](N)C2)c1. The van der Waals surface area contributed by atoms with Gasteiger partial charge in [-0.15, -0.1) is 0 Å². The Kier molecular flexibility index (Phi) is 3.70. The number of nitrogens with two attached hydrogens (primary N) is 1. The van der Waals surface area contributed by atoms with Gasteiger partial charge in [-0.25, -0.2) is 12.8 Å². The number of halogens is 1. The molecule has 1 aliphatic heterocycles. The van der Waals surface area contributed by atoms with E-state index in [2.05, 4.69) is 0 Å². The van der Waals surface area contributed by atoms with Gasteiger partial charge >= 0.3 is 0 Å². The van der Waals surface area contributed by atoms with E-state index in [1.165, 1.54) is 16.4 Å². The van der Waals surface area contributed by atoms with Crippen LogP contribution >= 0.6 is 0 Å². The standard InChI is InChI=1S/C12H17FN2O2S/c1-9-4-5-11(13)12(7-9)18(16,17)15-6-2-3-10(14)8-15/h4-5,7,10H,2-3,6,8,14H2,1H3/t10-/m1/s1. The number of aryl methyl sites for hydroxylation is 1. The zero-order chi connectivity index (χ0) is 13.3. The lowest BCUT2D eigenvalue weighted by molar-refractivity contribution is 0.315. The Morgan fingerprint density at radius 1 is 1.44 bits per heavy atom. The van der Waals surface area contributed by atoms with Crippen LogP contribution in [0.15, 0.2) is 23.1 Å². The van der Waals surface area contributed by atoms with Crippen LogP contribution in [0.25, 0.3) is 0 Å². The number of benzene rings is 1. The van der Waals surface area contributed by atoms with Gasteiger partial charge in [0, 0.05) is 19.1 Å². The van der Waals surface area contributed by atoms with Gasteiger partial charge in [0.1, 0.15) is 10.7 Å². The summed E-state index contributed by atoms with van der Waals surface area (Å²) in [6, 6.07) is 3.94. The molecule has 0 spiro atoms. The van der Waals surface area contributed by atoms with E-state index in [9.17, 15) is 12.8 Å². The third-order valence-corrected chi connectivity index (χ3v) is 5.01. The molecule has 1 heterocycles. The maximum atomic E-state index is 13.7. The van der Waals surface area contributed by atoms with Crippen molar-refractivity contribution in [1.29, 1.82) is 0 Å². The monoisotopic (exact) mass is 272 g/mol. The van der Waals surface area contributed by atoms with Crippen LogP contribution in [0.5, 0.6) is 0 Å². The van der Waals surface area contributed by atoms with E-state index in [0.29, 0.717) is 13.0 Å². The number of rotatable bonds is 2. The largest absolute Gasteiger partial charge is 0.327 e. The predicted molar refractivity (Wildman–Crippen MR) is 67.1 cm³/mol. The molecule has 0 aliphatic carbocycles. The third-order valence-electron chi connectivity index (χ3n) is 3.13. The maximum absolute atomic E-state index is 13.7. The molecule has 18 heavy (non-hydrogen) atoms. The molecule has 0 aromatic heterocycles. The molecule has 0 unspecified atom stereocenters. The van der Waals surface area contributed by atoms with Crippen molar-refractivity contribution >= 4 is 10.0 Å². The molecule has 1 saturated heterocycles. The molecule has 0 saturated carbocycles. The lowest BCUT2D eigenvalue weighted by Gasteiger charge is -2.30. The average molecular weight is 272 g/mol. The van der Waals surface area contributed by atoms with Crippen molar-refractivity contribution in [3.8, 4) is 0 Å². The first kappa shape index (κ1) is 13.5. The van der Waals surface area contributed by atoms with Crippen LogP contribution in [-0.2, 0) is 10.0 Å². The summed E-state index contributed by atoms with van der Waals surface area (Å²) in [5.41, 5.74) is 6.49. The first-order valence-electron chi connectivity index (χ1n) is 5.93. The van der Waals surface area contributed by atoms with Gasteiger partial charge in [-0.05, 0) is 37.5 Å². The summed E-state index contributed by atoms with van der Waals surface area (Å²) >= 11 is 0. The molecule has 0 bridgehead atoms. The van der Waals surface area contributed by atoms with Crippen molar-refractivity contribution in [3.63, 3.8) is 0 Å². The fraction of sp³-hybridized carbons (Fsp3) is 0.500. The fourth-order valence-corrected chi connectivity index (χ4v) is 3.82. The number of hydrogen-bond donors (Lipinski definition) is 1. The number of piperidine rings is 1. The van der Waals surface area contributed by atoms with Gasteiger partial charge in [-0.3, -0.25) is 0 Å². The van der Waals surface area contributed by atoms with Gasteiger partial charge in [-0.2, -0.15) is 4.31 Å². The van der Waals surface area contributed by atoms with Gasteiger partial charge < -0.3 is 5.73 Å². The van der Waals surface area contributed by atoms with Gasteiger partial charge in [0.05, 0.1) is 0 Å². The number of hydrogen-bond acceptors (Lipinski definition) is 3. The van der Waals surface area contributed by atoms with Crippen LogP contribution in [0.4, 0.5) is 4.39 Å². The van der Waals surface area contributed by atoms with Crippen LogP contribution in [0, 0.1) is 12.7 Å². The van der Waals surface area contributed by atoms with Crippen LogP contribution in [0.3, 0.4) is 0 Å². The highest BCUT2D eigenvalue weighted by Crippen LogP contribution is 2.23. The first-order valence-corrected chi connectivity index (χ1v) is 7.37. The second-order valence-corrected chi connectivity index (χ2v) is 6.61. The Hall–Kier alpha value is -0.980. The molecule has 1 atom stereocenters. The second kappa shape index (κ2) is 4.95. The van der Waals surface area contributed by atoms with Gasteiger partial charge in [0.15, 0.2) is 0 Å². The Balaban J connectivity index is 2.38. The summed E-state index contributed by atoms with van der Waals surface area (Å²) < 4.78 is 39.6. The Morgan fingerprint density at radius 2 is 2.17 bits per heavy atom. The minimum atomic E-state index is -3.77. The van der Waals surface area contributed by atoms with Crippen molar-refractivity contribution < 1.29 is 12.8 Å². The molecule has 4 nitrogen and oxygen atoms in total. The number of sulfonamides is 1. The molecule has 1 aromatic carbocycles. The predicted octanol–water partition coefficient (Wildman–Crippen LogP) is 1.25. The highest BCUT2D eigenvalue weighted by Gasteiger charge is 2.30. The third kappa shape index (κ3) is 2.55. The molecular formula is C12H17FN2O2S. The van der Waals surface area contributed by atoms with Crippen LogP contribution in [0.2, 0.25) is 0 Å². The second-order valence-electron chi connectivity index (χ2n) is 4.70. The smallest absolute Gasteiger partial charge is 0.246 e. The normalized spacial score (nSPS) is 22.1. The lowest BCUT2D eigenvalue weighted by Crippen LogP contribution is -2.45. The Bertz CT molecular complexity index is 545. The highest BCUT2D eigenvalue weighted by atomic mass is 32.2. The molecule has 2 rings (SSSR count). The van der Waals surface area contributed by atoms with Gasteiger partial charge in [-0.1, -0.05) is 6.07 Å². The zero-order valence-corrected chi connectivity index (χ0v) is 11.1. The summed E-state index contributed by atoms with van der Waals surface area (Å²) in [5, 5.41) is 0.